The Balaban J connectivity index is 1.48. The van der Waals surface area contributed by atoms with Gasteiger partial charge in [0.15, 0.2) is 12.4 Å². The number of carbonyl (C=O) groups excluding carboxylic acids is 5. The SMILES string of the molecule is COc1cccc2[nH]c(C(=O)N[C@@H](CC(C)C)C(=O)N[C@@H](C[C@@H]3CCNC3=O)C(=O)COC(=O)c3cccnc3)cc12. The number of aromatic amines is 1. The van der Waals surface area contributed by atoms with E-state index in [9.17, 15) is 24.0 Å². The summed E-state index contributed by atoms with van der Waals surface area (Å²) in [6, 6.07) is 8.01. The molecule has 0 aliphatic carbocycles. The third-order valence-corrected chi connectivity index (χ3v) is 7.05. The number of hydrogen-bond acceptors (Lipinski definition) is 8. The zero-order chi connectivity index (χ0) is 30.2. The van der Waals surface area contributed by atoms with E-state index < -0.39 is 48.2 Å². The maximum absolute atomic E-state index is 13.5. The van der Waals surface area contributed by atoms with Gasteiger partial charge in [-0.15, -0.1) is 0 Å². The second-order valence-corrected chi connectivity index (χ2v) is 10.6. The van der Waals surface area contributed by atoms with Gasteiger partial charge in [-0.3, -0.25) is 24.2 Å². The Kier molecular flexibility index (Phi) is 9.89. The second-order valence-electron chi connectivity index (χ2n) is 10.6. The molecule has 2 aromatic heterocycles. The van der Waals surface area contributed by atoms with Crippen molar-refractivity contribution in [2.45, 2.75) is 45.2 Å². The van der Waals surface area contributed by atoms with E-state index in [4.69, 9.17) is 9.47 Å². The van der Waals surface area contributed by atoms with Crippen LogP contribution in [0.1, 0.15) is 54.0 Å². The zero-order valence-corrected chi connectivity index (χ0v) is 23.8. The van der Waals surface area contributed by atoms with Crippen LogP contribution in [0.4, 0.5) is 0 Å². The number of pyridine rings is 1. The van der Waals surface area contributed by atoms with Crippen molar-refractivity contribution in [3.63, 3.8) is 0 Å². The van der Waals surface area contributed by atoms with E-state index in [1.807, 2.05) is 19.9 Å². The van der Waals surface area contributed by atoms with E-state index in [-0.39, 0.29) is 29.5 Å². The van der Waals surface area contributed by atoms with Crippen LogP contribution in [0, 0.1) is 11.8 Å². The molecule has 222 valence electrons. The lowest BCUT2D eigenvalue weighted by molar-refractivity contribution is -0.131. The first-order chi connectivity index (χ1) is 20.2. The number of nitrogens with one attached hydrogen (secondary N) is 4. The Hall–Kier alpha value is -4.74. The van der Waals surface area contributed by atoms with Gasteiger partial charge in [0, 0.05) is 35.8 Å². The summed E-state index contributed by atoms with van der Waals surface area (Å²) in [6.07, 6.45) is 3.65. The van der Waals surface area contributed by atoms with Crippen LogP contribution in [-0.2, 0) is 19.1 Å². The molecular formula is C30H35N5O7. The monoisotopic (exact) mass is 577 g/mol. The number of H-pyrrole nitrogens is 1. The van der Waals surface area contributed by atoms with Gasteiger partial charge in [0.2, 0.25) is 11.8 Å². The number of ether oxygens (including phenoxy) is 2. The average molecular weight is 578 g/mol. The summed E-state index contributed by atoms with van der Waals surface area (Å²) in [6.45, 7) is 3.67. The molecule has 1 saturated heterocycles. The summed E-state index contributed by atoms with van der Waals surface area (Å²) in [5.74, 6) is -2.47. The van der Waals surface area contributed by atoms with Gasteiger partial charge in [-0.25, -0.2) is 4.79 Å². The quantitative estimate of drug-likeness (QED) is 0.224. The molecule has 4 rings (SSSR count). The van der Waals surface area contributed by atoms with Gasteiger partial charge in [-0.2, -0.15) is 0 Å². The Bertz CT molecular complexity index is 1450. The van der Waals surface area contributed by atoms with Crippen LogP contribution >= 0.6 is 0 Å². The van der Waals surface area contributed by atoms with Crippen LogP contribution in [0.3, 0.4) is 0 Å². The Morgan fingerprint density at radius 3 is 2.57 bits per heavy atom. The van der Waals surface area contributed by atoms with Crippen molar-refractivity contribution in [1.29, 1.82) is 0 Å². The van der Waals surface area contributed by atoms with Crippen LogP contribution in [-0.4, -0.2) is 71.8 Å². The first kappa shape index (κ1) is 30.2. The van der Waals surface area contributed by atoms with Gasteiger partial charge in [0.25, 0.3) is 5.91 Å². The fourth-order valence-corrected chi connectivity index (χ4v) is 4.87. The third kappa shape index (κ3) is 7.50. The molecule has 1 aliphatic rings. The number of Topliss-reactive ketones (excluding diaryl/α,β-unsaturated/α-hetero) is 1. The van der Waals surface area contributed by atoms with E-state index in [1.54, 1.807) is 24.3 Å². The van der Waals surface area contributed by atoms with E-state index in [0.29, 0.717) is 30.7 Å². The standard InChI is InChI=1S/C30H35N5O7/c1-17(2)12-23(35-29(39)24-14-20-21(33-24)7-4-8-26(20)41-3)28(38)34-22(13-18-9-11-32-27(18)37)25(36)16-42-30(40)19-6-5-10-31-15-19/h4-8,10,14-15,17-18,22-23,33H,9,11-13,16H2,1-3H3,(H,32,37)(H,34,38)(H,35,39)/t18-,22-,23-/m0/s1. The minimum atomic E-state index is -1.11. The summed E-state index contributed by atoms with van der Waals surface area (Å²) < 4.78 is 10.5. The van der Waals surface area contributed by atoms with Crippen molar-refractivity contribution in [3.8, 4) is 5.75 Å². The molecule has 0 radical (unpaired) electrons. The number of aromatic nitrogens is 2. The maximum Gasteiger partial charge on any atom is 0.340 e. The largest absolute Gasteiger partial charge is 0.496 e. The summed E-state index contributed by atoms with van der Waals surface area (Å²) in [5.41, 5.74) is 1.12. The third-order valence-electron chi connectivity index (χ3n) is 7.05. The van der Waals surface area contributed by atoms with Gasteiger partial charge in [-0.05, 0) is 55.5 Å². The minimum Gasteiger partial charge on any atom is -0.496 e. The molecule has 3 amide bonds. The summed E-state index contributed by atoms with van der Waals surface area (Å²) in [4.78, 5) is 71.5. The highest BCUT2D eigenvalue weighted by molar-refractivity contribution is 6.02. The smallest absolute Gasteiger partial charge is 0.340 e. The molecule has 3 heterocycles. The van der Waals surface area contributed by atoms with Crippen molar-refractivity contribution < 1.29 is 33.4 Å². The first-order valence-corrected chi connectivity index (χ1v) is 13.8. The highest BCUT2D eigenvalue weighted by atomic mass is 16.5. The first-order valence-electron chi connectivity index (χ1n) is 13.8. The molecule has 1 aromatic carbocycles. The Morgan fingerprint density at radius 2 is 1.90 bits per heavy atom. The summed E-state index contributed by atoms with van der Waals surface area (Å²) >= 11 is 0. The van der Waals surface area contributed by atoms with E-state index in [2.05, 4.69) is 25.9 Å². The normalized spacial score (nSPS) is 16.0. The van der Waals surface area contributed by atoms with Crippen LogP contribution in [0.25, 0.3) is 10.9 Å². The van der Waals surface area contributed by atoms with E-state index in [0.717, 1.165) is 5.39 Å². The van der Waals surface area contributed by atoms with Crippen molar-refractivity contribution >= 4 is 40.4 Å². The lowest BCUT2D eigenvalue weighted by atomic mass is 9.95. The lowest BCUT2D eigenvalue weighted by Gasteiger charge is -2.25. The van der Waals surface area contributed by atoms with Crippen molar-refractivity contribution in [2.24, 2.45) is 11.8 Å². The summed E-state index contributed by atoms with van der Waals surface area (Å²) in [7, 11) is 1.54. The Labute approximate surface area is 242 Å². The van der Waals surface area contributed by atoms with Gasteiger partial charge >= 0.3 is 5.97 Å². The molecule has 0 bridgehead atoms. The lowest BCUT2D eigenvalue weighted by Crippen LogP contribution is -2.53. The van der Waals surface area contributed by atoms with Crippen LogP contribution in [0.5, 0.6) is 5.75 Å². The number of hydrogen-bond donors (Lipinski definition) is 4. The highest BCUT2D eigenvalue weighted by Gasteiger charge is 2.34. The van der Waals surface area contributed by atoms with E-state index in [1.165, 1.54) is 25.6 Å². The molecule has 12 nitrogen and oxygen atoms in total. The number of benzene rings is 1. The van der Waals surface area contributed by atoms with Crippen LogP contribution in [0.2, 0.25) is 0 Å². The van der Waals surface area contributed by atoms with Crippen molar-refractivity contribution in [2.75, 3.05) is 20.3 Å². The molecule has 4 N–H and O–H groups in total. The predicted molar refractivity (Wildman–Crippen MR) is 153 cm³/mol. The minimum absolute atomic E-state index is 0.0269. The second kappa shape index (κ2) is 13.7. The topological polar surface area (TPSA) is 169 Å². The number of rotatable bonds is 13. The molecule has 3 aromatic rings. The number of methoxy groups -OCH3 is 1. The fourth-order valence-electron chi connectivity index (χ4n) is 4.87. The number of fused-ring (bicyclic) bond motifs is 1. The molecule has 1 fully saturated rings. The molecule has 12 heteroatoms. The molecule has 42 heavy (non-hydrogen) atoms. The van der Waals surface area contributed by atoms with Gasteiger partial charge in [-0.1, -0.05) is 19.9 Å². The van der Waals surface area contributed by atoms with Gasteiger partial charge in [0.1, 0.15) is 17.5 Å². The summed E-state index contributed by atoms with van der Waals surface area (Å²) in [5, 5.41) is 8.94. The molecule has 0 saturated carbocycles. The van der Waals surface area contributed by atoms with Gasteiger partial charge in [0.05, 0.1) is 18.7 Å². The highest BCUT2D eigenvalue weighted by Crippen LogP contribution is 2.26. The van der Waals surface area contributed by atoms with Crippen molar-refractivity contribution in [1.82, 2.24) is 25.9 Å². The molecule has 3 atom stereocenters. The number of amides is 3. The van der Waals surface area contributed by atoms with Gasteiger partial charge < -0.3 is 30.4 Å². The Morgan fingerprint density at radius 1 is 1.10 bits per heavy atom. The molecular weight excluding hydrogens is 542 g/mol. The van der Waals surface area contributed by atoms with Crippen LogP contribution < -0.4 is 20.7 Å². The zero-order valence-electron chi connectivity index (χ0n) is 23.8. The molecule has 0 spiro atoms. The van der Waals surface area contributed by atoms with Crippen LogP contribution in [0.15, 0.2) is 48.8 Å². The number of carbonyl (C=O) groups is 5. The molecule has 0 unspecified atom stereocenters. The average Bonchev–Trinajstić information content (AvgIpc) is 3.61. The fraction of sp³-hybridized carbons (Fsp3) is 0.400. The van der Waals surface area contributed by atoms with E-state index >= 15 is 0 Å². The predicted octanol–water partition coefficient (Wildman–Crippen LogP) is 2.15. The van der Waals surface area contributed by atoms with Crippen molar-refractivity contribution in [3.05, 3.63) is 60.0 Å². The maximum atomic E-state index is 13.5. The number of nitrogens with zero attached hydrogens (tertiary/aromatic N) is 1. The molecule has 1 aliphatic heterocycles. The number of esters is 1. The number of ketones is 1.